The molecule has 4 unspecified atom stereocenters. The molecule has 5 heteroatoms. The Bertz CT molecular complexity index is 250. The van der Waals surface area contributed by atoms with Crippen molar-refractivity contribution in [2.24, 2.45) is 11.7 Å². The zero-order valence-corrected chi connectivity index (χ0v) is 9.74. The highest BCUT2D eigenvalue weighted by molar-refractivity contribution is 5.85. The van der Waals surface area contributed by atoms with E-state index in [2.05, 4.69) is 0 Å². The molecule has 3 N–H and O–H groups in total. The van der Waals surface area contributed by atoms with Crippen molar-refractivity contribution < 1.29 is 9.90 Å². The number of carboxylic acids is 1. The van der Waals surface area contributed by atoms with Crippen LogP contribution in [0, 0.1) is 5.92 Å². The first-order valence-corrected chi connectivity index (χ1v) is 5.30. The second-order valence-electron chi connectivity index (χ2n) is 4.66. The molecule has 4 atom stereocenters. The van der Waals surface area contributed by atoms with Gasteiger partial charge < -0.3 is 10.8 Å². The molecule has 15 heavy (non-hydrogen) atoms. The first-order chi connectivity index (χ1) is 6.59. The summed E-state index contributed by atoms with van der Waals surface area (Å²) in [6, 6.07) is 0.461. The minimum absolute atomic E-state index is 0. The van der Waals surface area contributed by atoms with Gasteiger partial charge in [0.05, 0.1) is 0 Å². The Kier molecular flexibility index (Phi) is 3.98. The summed E-state index contributed by atoms with van der Waals surface area (Å²) in [5.41, 5.74) is 5.89. The van der Waals surface area contributed by atoms with Crippen LogP contribution in [0.15, 0.2) is 0 Å². The Labute approximate surface area is 96.2 Å². The first kappa shape index (κ1) is 12.7. The molecule has 1 heterocycles. The van der Waals surface area contributed by atoms with Gasteiger partial charge in [0.1, 0.15) is 6.04 Å². The van der Waals surface area contributed by atoms with E-state index in [1.54, 1.807) is 0 Å². The van der Waals surface area contributed by atoms with Crippen LogP contribution in [-0.4, -0.2) is 41.1 Å². The minimum atomic E-state index is -0.685. The molecule has 2 aliphatic rings. The second-order valence-corrected chi connectivity index (χ2v) is 4.66. The largest absolute Gasteiger partial charge is 0.480 e. The Balaban J connectivity index is 0.00000112. The van der Waals surface area contributed by atoms with E-state index in [0.29, 0.717) is 12.0 Å². The van der Waals surface area contributed by atoms with Gasteiger partial charge in [-0.25, -0.2) is 0 Å². The van der Waals surface area contributed by atoms with E-state index in [1.807, 2.05) is 11.9 Å². The fraction of sp³-hybridized carbons (Fsp3) is 0.900. The summed E-state index contributed by atoms with van der Waals surface area (Å²) in [6.45, 7) is 0. The van der Waals surface area contributed by atoms with Crippen LogP contribution in [0.2, 0.25) is 0 Å². The van der Waals surface area contributed by atoms with Gasteiger partial charge in [-0.2, -0.15) is 0 Å². The van der Waals surface area contributed by atoms with Crippen molar-refractivity contribution in [1.29, 1.82) is 0 Å². The average Bonchev–Trinajstić information content (AvgIpc) is 2.43. The third-order valence-electron chi connectivity index (χ3n) is 3.81. The van der Waals surface area contributed by atoms with Crippen molar-refractivity contribution in [1.82, 2.24) is 4.90 Å². The number of nitrogens with zero attached hydrogens (tertiary/aromatic N) is 1. The highest BCUT2D eigenvalue weighted by Gasteiger charge is 2.44. The zero-order valence-electron chi connectivity index (χ0n) is 8.93. The molecule has 1 aliphatic heterocycles. The van der Waals surface area contributed by atoms with Gasteiger partial charge in [-0.3, -0.25) is 9.69 Å². The summed E-state index contributed by atoms with van der Waals surface area (Å²) >= 11 is 0. The quantitative estimate of drug-likeness (QED) is 0.701. The maximum absolute atomic E-state index is 11.0. The number of fused-ring (bicyclic) bond motifs is 1. The molecule has 2 fully saturated rings. The fourth-order valence-corrected chi connectivity index (χ4v) is 3.03. The summed E-state index contributed by atoms with van der Waals surface area (Å²) in [6.07, 6.45) is 3.88. The smallest absolute Gasteiger partial charge is 0.320 e. The van der Waals surface area contributed by atoms with Gasteiger partial charge in [0.25, 0.3) is 0 Å². The lowest BCUT2D eigenvalue weighted by molar-refractivity contribution is -0.142. The molecule has 1 aliphatic carbocycles. The molecule has 0 amide bonds. The zero-order chi connectivity index (χ0) is 10.3. The van der Waals surface area contributed by atoms with Crippen molar-refractivity contribution in [3.8, 4) is 0 Å². The standard InChI is InChI=1S/C10H18N2O2.ClH/c1-12-8-3-2-7(11)4-6(8)5-9(12)10(13)14;/h6-9H,2-5,11H2,1H3,(H,13,14);1H. The lowest BCUT2D eigenvalue weighted by atomic mass is 9.82. The number of hydrogen-bond acceptors (Lipinski definition) is 3. The van der Waals surface area contributed by atoms with Crippen LogP contribution in [0.5, 0.6) is 0 Å². The second kappa shape index (κ2) is 4.68. The molecule has 88 valence electrons. The SMILES string of the molecule is CN1C(C(=O)O)CC2CC(N)CCC21.Cl. The van der Waals surface area contributed by atoms with E-state index < -0.39 is 5.97 Å². The van der Waals surface area contributed by atoms with Crippen LogP contribution in [0.1, 0.15) is 25.7 Å². The number of rotatable bonds is 1. The summed E-state index contributed by atoms with van der Waals surface area (Å²) < 4.78 is 0. The van der Waals surface area contributed by atoms with Crippen LogP contribution in [0.3, 0.4) is 0 Å². The number of hydrogen-bond donors (Lipinski definition) is 2. The lowest BCUT2D eigenvalue weighted by Crippen LogP contribution is -2.42. The first-order valence-electron chi connectivity index (χ1n) is 5.30. The third kappa shape index (κ3) is 2.27. The van der Waals surface area contributed by atoms with E-state index in [1.165, 1.54) is 0 Å². The van der Waals surface area contributed by atoms with Gasteiger partial charge in [0.15, 0.2) is 0 Å². The monoisotopic (exact) mass is 234 g/mol. The van der Waals surface area contributed by atoms with Crippen LogP contribution in [-0.2, 0) is 4.79 Å². The maximum Gasteiger partial charge on any atom is 0.320 e. The van der Waals surface area contributed by atoms with Crippen molar-refractivity contribution in [3.05, 3.63) is 0 Å². The Morgan fingerprint density at radius 2 is 2.07 bits per heavy atom. The average molecular weight is 235 g/mol. The highest BCUT2D eigenvalue weighted by Crippen LogP contribution is 2.38. The van der Waals surface area contributed by atoms with Gasteiger partial charge >= 0.3 is 5.97 Å². The predicted molar refractivity (Wildman–Crippen MR) is 60.2 cm³/mol. The molecular weight excluding hydrogens is 216 g/mol. The molecule has 0 spiro atoms. The number of aliphatic carboxylic acids is 1. The minimum Gasteiger partial charge on any atom is -0.480 e. The highest BCUT2D eigenvalue weighted by atomic mass is 35.5. The molecule has 0 bridgehead atoms. The predicted octanol–water partition coefficient (Wildman–Crippen LogP) is 0.693. The molecule has 2 rings (SSSR count). The van der Waals surface area contributed by atoms with E-state index >= 15 is 0 Å². The van der Waals surface area contributed by atoms with Crippen LogP contribution >= 0.6 is 12.4 Å². The summed E-state index contributed by atoms with van der Waals surface area (Å²) in [7, 11) is 1.93. The Morgan fingerprint density at radius 3 is 2.67 bits per heavy atom. The molecule has 0 aromatic heterocycles. The Morgan fingerprint density at radius 1 is 1.40 bits per heavy atom. The Hall–Kier alpha value is -0.320. The summed E-state index contributed by atoms with van der Waals surface area (Å²) in [5, 5.41) is 9.02. The molecule has 4 nitrogen and oxygen atoms in total. The van der Waals surface area contributed by atoms with Gasteiger partial charge in [-0.05, 0) is 38.6 Å². The van der Waals surface area contributed by atoms with E-state index in [4.69, 9.17) is 10.8 Å². The van der Waals surface area contributed by atoms with Gasteiger partial charge in [-0.1, -0.05) is 0 Å². The topological polar surface area (TPSA) is 66.6 Å². The normalized spacial score (nSPS) is 40.7. The molecule has 1 saturated heterocycles. The third-order valence-corrected chi connectivity index (χ3v) is 3.81. The van der Waals surface area contributed by atoms with Crippen LogP contribution in [0.4, 0.5) is 0 Å². The molecular formula is C10H19ClN2O2. The summed E-state index contributed by atoms with van der Waals surface area (Å²) in [5.74, 6) is -0.180. The van der Waals surface area contributed by atoms with Crippen molar-refractivity contribution >= 4 is 18.4 Å². The van der Waals surface area contributed by atoms with Gasteiger partial charge in [0.2, 0.25) is 0 Å². The molecule has 0 radical (unpaired) electrons. The van der Waals surface area contributed by atoms with E-state index in [9.17, 15) is 4.79 Å². The molecule has 1 saturated carbocycles. The van der Waals surface area contributed by atoms with Gasteiger partial charge in [-0.15, -0.1) is 12.4 Å². The van der Waals surface area contributed by atoms with Crippen molar-refractivity contribution in [2.45, 2.75) is 43.8 Å². The van der Waals surface area contributed by atoms with Gasteiger partial charge in [0, 0.05) is 12.1 Å². The number of halogens is 1. The van der Waals surface area contributed by atoms with E-state index in [-0.39, 0.29) is 24.5 Å². The summed E-state index contributed by atoms with van der Waals surface area (Å²) in [4.78, 5) is 13.0. The van der Waals surface area contributed by atoms with Crippen molar-refractivity contribution in [3.63, 3.8) is 0 Å². The number of nitrogens with two attached hydrogens (primary N) is 1. The van der Waals surface area contributed by atoms with Crippen molar-refractivity contribution in [2.75, 3.05) is 7.05 Å². The molecule has 0 aromatic rings. The molecule has 0 aromatic carbocycles. The lowest BCUT2D eigenvalue weighted by Gasteiger charge is -2.32. The van der Waals surface area contributed by atoms with E-state index in [0.717, 1.165) is 25.7 Å². The fourth-order valence-electron chi connectivity index (χ4n) is 3.03. The van der Waals surface area contributed by atoms with Crippen LogP contribution in [0.25, 0.3) is 0 Å². The number of carbonyl (C=O) groups is 1. The maximum atomic E-state index is 11.0. The van der Waals surface area contributed by atoms with Crippen LogP contribution < -0.4 is 5.73 Å². The number of likely N-dealkylation sites (N-methyl/N-ethyl adjacent to an activating group) is 1. The number of likely N-dealkylation sites (tertiary alicyclic amines) is 1. The number of carboxylic acid groups (broad SMARTS) is 1.